The first-order valence-electron chi connectivity index (χ1n) is 6.27. The summed E-state index contributed by atoms with van der Waals surface area (Å²) in [5.74, 6) is 8.46. The first kappa shape index (κ1) is 15.9. The van der Waals surface area contributed by atoms with Crippen LogP contribution in [0.1, 0.15) is 5.56 Å². The minimum Gasteiger partial charge on any atom is -0.493 e. The maximum absolute atomic E-state index is 8.60. The molecule has 1 N–H and O–H groups in total. The second kappa shape index (κ2) is 9.74. The van der Waals surface area contributed by atoms with Gasteiger partial charge < -0.3 is 14.7 Å². The van der Waals surface area contributed by atoms with Crippen molar-refractivity contribution < 1.29 is 9.84 Å². The summed E-state index contributed by atoms with van der Waals surface area (Å²) >= 11 is 1.90. The van der Waals surface area contributed by atoms with Crippen molar-refractivity contribution in [2.75, 3.05) is 45.4 Å². The summed E-state index contributed by atoms with van der Waals surface area (Å²) in [7, 11) is 4.16. The van der Waals surface area contributed by atoms with Gasteiger partial charge in [0.15, 0.2) is 0 Å². The van der Waals surface area contributed by atoms with Crippen LogP contribution in [0.3, 0.4) is 0 Å². The quantitative estimate of drug-likeness (QED) is 0.608. The Labute approximate surface area is 120 Å². The monoisotopic (exact) mass is 279 g/mol. The molecular weight excluding hydrogens is 258 g/mol. The second-order valence-electron chi connectivity index (χ2n) is 4.25. The zero-order valence-corrected chi connectivity index (χ0v) is 12.4. The Bertz CT molecular complexity index is 406. The van der Waals surface area contributed by atoms with Crippen molar-refractivity contribution in [3.8, 4) is 17.6 Å². The highest BCUT2D eigenvalue weighted by Crippen LogP contribution is 2.12. The van der Waals surface area contributed by atoms with Gasteiger partial charge >= 0.3 is 0 Å². The molecule has 0 heterocycles. The molecule has 0 spiro atoms. The molecule has 1 rings (SSSR count). The van der Waals surface area contributed by atoms with Gasteiger partial charge in [-0.1, -0.05) is 11.8 Å². The van der Waals surface area contributed by atoms with Crippen LogP contribution in [-0.4, -0.2) is 55.4 Å². The van der Waals surface area contributed by atoms with Crippen molar-refractivity contribution in [2.45, 2.75) is 0 Å². The summed E-state index contributed by atoms with van der Waals surface area (Å²) < 4.78 is 5.64. The highest BCUT2D eigenvalue weighted by atomic mass is 32.2. The average molecular weight is 279 g/mol. The third-order valence-corrected chi connectivity index (χ3v) is 3.27. The van der Waals surface area contributed by atoms with E-state index in [9.17, 15) is 0 Å². The molecule has 0 aliphatic heterocycles. The summed E-state index contributed by atoms with van der Waals surface area (Å²) in [6.45, 7) is 1.71. The molecule has 3 nitrogen and oxygen atoms in total. The van der Waals surface area contributed by atoms with E-state index in [-0.39, 0.29) is 6.61 Å². The number of aliphatic hydroxyl groups is 1. The SMILES string of the molecule is CN(C)CCSCCOc1ccc(C#CCO)cc1. The summed E-state index contributed by atoms with van der Waals surface area (Å²) in [4.78, 5) is 2.18. The first-order valence-corrected chi connectivity index (χ1v) is 7.43. The fourth-order valence-electron chi connectivity index (χ4n) is 1.34. The van der Waals surface area contributed by atoms with Crippen LogP contribution in [0.5, 0.6) is 5.75 Å². The number of hydrogen-bond donors (Lipinski definition) is 1. The van der Waals surface area contributed by atoms with Gasteiger partial charge in [0.2, 0.25) is 0 Å². The standard InChI is InChI=1S/C15H21NO2S/c1-16(2)9-12-19-13-11-18-15-7-5-14(6-8-15)4-3-10-17/h5-8,17H,9-13H2,1-2H3. The highest BCUT2D eigenvalue weighted by molar-refractivity contribution is 7.99. The number of benzene rings is 1. The van der Waals surface area contributed by atoms with E-state index in [4.69, 9.17) is 9.84 Å². The van der Waals surface area contributed by atoms with Crippen LogP contribution in [-0.2, 0) is 0 Å². The number of aliphatic hydroxyl groups excluding tert-OH is 1. The van der Waals surface area contributed by atoms with Crippen molar-refractivity contribution in [1.82, 2.24) is 4.90 Å². The van der Waals surface area contributed by atoms with Crippen LogP contribution >= 0.6 is 11.8 Å². The number of thioether (sulfide) groups is 1. The Balaban J connectivity index is 2.19. The molecule has 1 aromatic rings. The Morgan fingerprint density at radius 3 is 2.58 bits per heavy atom. The predicted molar refractivity (Wildman–Crippen MR) is 81.8 cm³/mol. The Kier molecular flexibility index (Phi) is 8.15. The van der Waals surface area contributed by atoms with E-state index in [0.29, 0.717) is 0 Å². The third kappa shape index (κ3) is 7.78. The molecule has 0 radical (unpaired) electrons. The van der Waals surface area contributed by atoms with Crippen LogP contribution in [0.4, 0.5) is 0 Å². The van der Waals surface area contributed by atoms with Crippen molar-refractivity contribution in [2.24, 2.45) is 0 Å². The first-order chi connectivity index (χ1) is 9.22. The predicted octanol–water partition coefficient (Wildman–Crippen LogP) is 1.70. The van der Waals surface area contributed by atoms with E-state index < -0.39 is 0 Å². The number of ether oxygens (including phenoxy) is 1. The van der Waals surface area contributed by atoms with Crippen molar-refractivity contribution in [3.05, 3.63) is 29.8 Å². The molecule has 0 aliphatic carbocycles. The molecule has 0 saturated heterocycles. The molecule has 0 aliphatic rings. The molecular formula is C15H21NO2S. The topological polar surface area (TPSA) is 32.7 Å². The summed E-state index contributed by atoms with van der Waals surface area (Å²) in [6, 6.07) is 7.62. The molecule has 0 fully saturated rings. The molecule has 0 aromatic heterocycles. The third-order valence-electron chi connectivity index (χ3n) is 2.35. The molecule has 0 unspecified atom stereocenters. The van der Waals surface area contributed by atoms with Crippen LogP contribution in [0.2, 0.25) is 0 Å². The minimum atomic E-state index is -0.109. The van der Waals surface area contributed by atoms with E-state index in [2.05, 4.69) is 30.8 Å². The average Bonchev–Trinajstić information content (AvgIpc) is 2.41. The van der Waals surface area contributed by atoms with Crippen LogP contribution in [0.25, 0.3) is 0 Å². The number of rotatable bonds is 7. The van der Waals surface area contributed by atoms with E-state index in [1.807, 2.05) is 36.0 Å². The van der Waals surface area contributed by atoms with Crippen LogP contribution in [0.15, 0.2) is 24.3 Å². The van der Waals surface area contributed by atoms with E-state index in [0.717, 1.165) is 36.0 Å². The van der Waals surface area contributed by atoms with Gasteiger partial charge in [-0.3, -0.25) is 0 Å². The van der Waals surface area contributed by atoms with Gasteiger partial charge in [-0.05, 0) is 38.4 Å². The Hall–Kier alpha value is -1.15. The lowest BCUT2D eigenvalue weighted by Gasteiger charge is -2.09. The molecule has 1 aromatic carbocycles. The fraction of sp³-hybridized carbons (Fsp3) is 0.467. The molecule has 0 saturated carbocycles. The van der Waals surface area contributed by atoms with Gasteiger partial charge in [0.05, 0.1) is 6.61 Å². The van der Waals surface area contributed by atoms with Gasteiger partial charge in [-0.2, -0.15) is 11.8 Å². The van der Waals surface area contributed by atoms with E-state index in [1.54, 1.807) is 0 Å². The lowest BCUT2D eigenvalue weighted by molar-refractivity contribution is 0.344. The fourth-order valence-corrected chi connectivity index (χ4v) is 2.24. The van der Waals surface area contributed by atoms with Crippen molar-refractivity contribution >= 4 is 11.8 Å². The summed E-state index contributed by atoms with van der Waals surface area (Å²) in [5, 5.41) is 8.60. The molecule has 0 amide bonds. The molecule has 4 heteroatoms. The molecule has 0 atom stereocenters. The van der Waals surface area contributed by atoms with Gasteiger partial charge in [0.25, 0.3) is 0 Å². The molecule has 19 heavy (non-hydrogen) atoms. The minimum absolute atomic E-state index is 0.109. The maximum atomic E-state index is 8.60. The van der Waals surface area contributed by atoms with E-state index >= 15 is 0 Å². The van der Waals surface area contributed by atoms with Crippen molar-refractivity contribution in [1.29, 1.82) is 0 Å². The second-order valence-corrected chi connectivity index (χ2v) is 5.47. The van der Waals surface area contributed by atoms with Crippen molar-refractivity contribution in [3.63, 3.8) is 0 Å². The number of nitrogens with zero attached hydrogens (tertiary/aromatic N) is 1. The highest BCUT2D eigenvalue weighted by Gasteiger charge is 1.95. The summed E-state index contributed by atoms with van der Waals surface area (Å²) in [6.07, 6.45) is 0. The lowest BCUT2D eigenvalue weighted by atomic mass is 10.2. The Morgan fingerprint density at radius 2 is 1.95 bits per heavy atom. The molecule has 104 valence electrons. The largest absolute Gasteiger partial charge is 0.493 e. The number of hydrogen-bond acceptors (Lipinski definition) is 4. The molecule has 0 bridgehead atoms. The zero-order valence-electron chi connectivity index (χ0n) is 11.6. The van der Waals surface area contributed by atoms with E-state index in [1.165, 1.54) is 0 Å². The van der Waals surface area contributed by atoms with Gasteiger partial charge in [-0.25, -0.2) is 0 Å². The van der Waals surface area contributed by atoms with Crippen LogP contribution in [0, 0.1) is 11.8 Å². The van der Waals surface area contributed by atoms with Gasteiger partial charge in [0, 0.05) is 23.6 Å². The normalized spacial score (nSPS) is 10.1. The maximum Gasteiger partial charge on any atom is 0.119 e. The Morgan fingerprint density at radius 1 is 1.21 bits per heavy atom. The van der Waals surface area contributed by atoms with Gasteiger partial charge in [0.1, 0.15) is 12.4 Å². The summed E-state index contributed by atoms with van der Waals surface area (Å²) in [5.41, 5.74) is 0.891. The van der Waals surface area contributed by atoms with Gasteiger partial charge in [-0.15, -0.1) is 0 Å². The lowest BCUT2D eigenvalue weighted by Crippen LogP contribution is -2.15. The smallest absolute Gasteiger partial charge is 0.119 e. The zero-order chi connectivity index (χ0) is 13.9. The van der Waals surface area contributed by atoms with Crippen LogP contribution < -0.4 is 4.74 Å².